The molecule has 5 heteroatoms. The molecule has 25 heavy (non-hydrogen) atoms. The Balaban J connectivity index is 1.73. The molecule has 2 aliphatic heterocycles. The Morgan fingerprint density at radius 3 is 2.84 bits per heavy atom. The van der Waals surface area contributed by atoms with Crippen molar-refractivity contribution in [3.63, 3.8) is 0 Å². The van der Waals surface area contributed by atoms with Gasteiger partial charge in [-0.15, -0.1) is 0 Å². The second kappa shape index (κ2) is 4.84. The van der Waals surface area contributed by atoms with E-state index < -0.39 is 11.9 Å². The summed E-state index contributed by atoms with van der Waals surface area (Å²) in [4.78, 5) is 12.8. The third-order valence-electron chi connectivity index (χ3n) is 5.28. The molecule has 3 atom stereocenters. The molecule has 0 fully saturated rings. The summed E-state index contributed by atoms with van der Waals surface area (Å²) in [6, 6.07) is 9.55. The quantitative estimate of drug-likeness (QED) is 0.866. The molecule has 2 aromatic carbocycles. The predicted molar refractivity (Wildman–Crippen MR) is 89.0 cm³/mol. The molecule has 0 radical (unpaired) electrons. The second-order valence-corrected chi connectivity index (χ2v) is 7.21. The Morgan fingerprint density at radius 2 is 2.04 bits per heavy atom. The first-order valence-corrected chi connectivity index (χ1v) is 8.39. The molecule has 5 nitrogen and oxygen atoms in total. The van der Waals surface area contributed by atoms with Gasteiger partial charge in [-0.1, -0.05) is 18.2 Å². The molecule has 5 rings (SSSR count). The SMILES string of the molecule is COc1cccc2c1C1Oc3ccc4c(c3C2O1)C(=O)C[C@](C)(O)C4. The van der Waals surface area contributed by atoms with Gasteiger partial charge in [-0.05, 0) is 30.2 Å². The lowest BCUT2D eigenvalue weighted by Gasteiger charge is -2.33. The average Bonchev–Trinajstić information content (AvgIpc) is 2.87. The highest BCUT2D eigenvalue weighted by Crippen LogP contribution is 2.55. The maximum atomic E-state index is 12.8. The number of carbonyl (C=O) groups is 1. The lowest BCUT2D eigenvalue weighted by atomic mass is 9.77. The van der Waals surface area contributed by atoms with Crippen LogP contribution in [0.2, 0.25) is 0 Å². The van der Waals surface area contributed by atoms with Crippen molar-refractivity contribution < 1.29 is 24.1 Å². The fourth-order valence-corrected chi connectivity index (χ4v) is 4.30. The Bertz CT molecular complexity index is 915. The van der Waals surface area contributed by atoms with Gasteiger partial charge in [0.15, 0.2) is 5.78 Å². The molecule has 2 heterocycles. The van der Waals surface area contributed by atoms with E-state index in [2.05, 4.69) is 0 Å². The maximum Gasteiger partial charge on any atom is 0.231 e. The Hall–Kier alpha value is -2.37. The van der Waals surface area contributed by atoms with Gasteiger partial charge in [0.2, 0.25) is 6.29 Å². The zero-order valence-electron chi connectivity index (χ0n) is 14.0. The van der Waals surface area contributed by atoms with Gasteiger partial charge in [-0.2, -0.15) is 0 Å². The Morgan fingerprint density at radius 1 is 1.20 bits per heavy atom. The van der Waals surface area contributed by atoms with E-state index in [1.807, 2.05) is 30.3 Å². The van der Waals surface area contributed by atoms with Gasteiger partial charge >= 0.3 is 0 Å². The monoisotopic (exact) mass is 338 g/mol. The molecule has 1 aliphatic carbocycles. The molecule has 2 bridgehead atoms. The largest absolute Gasteiger partial charge is 0.496 e. The van der Waals surface area contributed by atoms with Crippen LogP contribution in [-0.4, -0.2) is 23.6 Å². The summed E-state index contributed by atoms with van der Waals surface area (Å²) >= 11 is 0. The van der Waals surface area contributed by atoms with Crippen molar-refractivity contribution in [1.82, 2.24) is 0 Å². The first kappa shape index (κ1) is 14.9. The molecule has 128 valence electrons. The van der Waals surface area contributed by atoms with Crippen LogP contribution in [0.25, 0.3) is 0 Å². The molecular weight excluding hydrogens is 320 g/mol. The molecule has 0 spiro atoms. The number of carbonyl (C=O) groups excluding carboxylic acids is 1. The minimum Gasteiger partial charge on any atom is -0.496 e. The van der Waals surface area contributed by atoms with E-state index in [1.165, 1.54) is 0 Å². The highest BCUT2D eigenvalue weighted by atomic mass is 16.7. The molecule has 1 N–H and O–H groups in total. The summed E-state index contributed by atoms with van der Waals surface area (Å²) in [6.07, 6.45) is -0.315. The molecule has 3 aliphatic rings. The number of ketones is 1. The average molecular weight is 338 g/mol. The molecule has 0 saturated heterocycles. The molecule has 2 aromatic rings. The number of aliphatic hydroxyl groups is 1. The van der Waals surface area contributed by atoms with E-state index in [0.29, 0.717) is 17.7 Å². The molecule has 0 saturated carbocycles. The van der Waals surface area contributed by atoms with Gasteiger partial charge < -0.3 is 19.3 Å². The highest BCUT2D eigenvalue weighted by Gasteiger charge is 2.46. The summed E-state index contributed by atoms with van der Waals surface area (Å²) < 4.78 is 17.6. The van der Waals surface area contributed by atoms with Crippen LogP contribution in [0.5, 0.6) is 11.5 Å². The van der Waals surface area contributed by atoms with Gasteiger partial charge in [0.25, 0.3) is 0 Å². The second-order valence-electron chi connectivity index (χ2n) is 7.21. The smallest absolute Gasteiger partial charge is 0.231 e. The van der Waals surface area contributed by atoms with Crippen LogP contribution in [0.1, 0.15) is 58.4 Å². The summed E-state index contributed by atoms with van der Waals surface area (Å²) in [5.41, 5.74) is 3.12. The van der Waals surface area contributed by atoms with Crippen molar-refractivity contribution in [2.45, 2.75) is 37.8 Å². The topological polar surface area (TPSA) is 65.0 Å². The zero-order valence-corrected chi connectivity index (χ0v) is 14.0. The number of fused-ring (bicyclic) bond motifs is 9. The number of hydrogen-bond donors (Lipinski definition) is 1. The minimum absolute atomic E-state index is 0.0647. The number of Topliss-reactive ketones (excluding diaryl/α,β-unsaturated/α-hetero) is 1. The first-order chi connectivity index (χ1) is 12.0. The zero-order chi connectivity index (χ0) is 17.3. The first-order valence-electron chi connectivity index (χ1n) is 8.39. The third-order valence-corrected chi connectivity index (χ3v) is 5.28. The van der Waals surface area contributed by atoms with Gasteiger partial charge in [0.05, 0.1) is 18.3 Å². The molecule has 0 amide bonds. The molecule has 2 unspecified atom stereocenters. The Kier molecular flexibility index (Phi) is 2.89. The van der Waals surface area contributed by atoms with Crippen molar-refractivity contribution in [3.8, 4) is 11.5 Å². The fraction of sp³-hybridized carbons (Fsp3) is 0.350. The summed E-state index contributed by atoms with van der Waals surface area (Å²) in [6.45, 7) is 1.70. The van der Waals surface area contributed by atoms with Crippen molar-refractivity contribution in [3.05, 3.63) is 58.1 Å². The Labute approximate surface area is 145 Å². The standard InChI is InChI=1S/C20H18O5/c1-20(22)8-10-6-7-14-17(15(10)12(21)9-20)18-11-4-3-5-13(23-2)16(11)19(24-14)25-18/h3-7,18-19,22H,8-9H2,1-2H3/t18?,19?,20-/m1/s1. The lowest BCUT2D eigenvalue weighted by molar-refractivity contribution is -0.110. The van der Waals surface area contributed by atoms with E-state index in [4.69, 9.17) is 14.2 Å². The van der Waals surface area contributed by atoms with Crippen molar-refractivity contribution in [2.75, 3.05) is 7.11 Å². The number of methoxy groups -OCH3 is 1. The van der Waals surface area contributed by atoms with Crippen LogP contribution >= 0.6 is 0 Å². The molecular formula is C20H18O5. The van der Waals surface area contributed by atoms with Crippen LogP contribution in [0.15, 0.2) is 30.3 Å². The van der Waals surface area contributed by atoms with Crippen molar-refractivity contribution in [2.24, 2.45) is 0 Å². The van der Waals surface area contributed by atoms with Crippen LogP contribution < -0.4 is 9.47 Å². The van der Waals surface area contributed by atoms with E-state index in [9.17, 15) is 9.90 Å². The van der Waals surface area contributed by atoms with E-state index in [0.717, 1.165) is 28.0 Å². The van der Waals surface area contributed by atoms with E-state index in [-0.39, 0.29) is 18.3 Å². The number of hydrogen-bond acceptors (Lipinski definition) is 5. The summed E-state index contributed by atoms with van der Waals surface area (Å²) in [7, 11) is 1.62. The normalized spacial score (nSPS) is 28.7. The number of benzene rings is 2. The number of rotatable bonds is 1. The lowest BCUT2D eigenvalue weighted by Crippen LogP contribution is -2.36. The minimum atomic E-state index is -1.01. The van der Waals surface area contributed by atoms with Gasteiger partial charge in [0.1, 0.15) is 17.6 Å². The van der Waals surface area contributed by atoms with E-state index in [1.54, 1.807) is 14.0 Å². The fourth-order valence-electron chi connectivity index (χ4n) is 4.30. The molecule has 0 aromatic heterocycles. The van der Waals surface area contributed by atoms with Gasteiger partial charge in [-0.25, -0.2) is 0 Å². The summed E-state index contributed by atoms with van der Waals surface area (Å²) in [5.74, 6) is 1.33. The van der Waals surface area contributed by atoms with Gasteiger partial charge in [0, 0.05) is 24.0 Å². The van der Waals surface area contributed by atoms with Crippen LogP contribution in [0.3, 0.4) is 0 Å². The highest BCUT2D eigenvalue weighted by molar-refractivity contribution is 6.01. The van der Waals surface area contributed by atoms with Crippen LogP contribution in [0.4, 0.5) is 0 Å². The van der Waals surface area contributed by atoms with Crippen LogP contribution in [-0.2, 0) is 11.2 Å². The van der Waals surface area contributed by atoms with Crippen molar-refractivity contribution in [1.29, 1.82) is 0 Å². The van der Waals surface area contributed by atoms with Crippen LogP contribution in [0, 0.1) is 0 Å². The third kappa shape index (κ3) is 2.00. The maximum absolute atomic E-state index is 12.8. The predicted octanol–water partition coefficient (Wildman–Crippen LogP) is 3.09. The summed E-state index contributed by atoms with van der Waals surface area (Å²) in [5, 5.41) is 10.4. The van der Waals surface area contributed by atoms with E-state index >= 15 is 0 Å². The van der Waals surface area contributed by atoms with Gasteiger partial charge in [-0.3, -0.25) is 4.79 Å². The van der Waals surface area contributed by atoms with Crippen molar-refractivity contribution >= 4 is 5.78 Å². The number of ether oxygens (including phenoxy) is 3.